The van der Waals surface area contributed by atoms with Gasteiger partial charge in [-0.2, -0.15) is 0 Å². The molecule has 6 heteroatoms. The number of hydrogen-bond acceptors (Lipinski definition) is 5. The van der Waals surface area contributed by atoms with E-state index in [2.05, 4.69) is 39.8 Å². The van der Waals surface area contributed by atoms with Crippen molar-refractivity contribution < 1.29 is 23.4 Å². The highest BCUT2D eigenvalue weighted by atomic mass is 28.4. The molecular formula is C22H34O5Si. The third kappa shape index (κ3) is 3.70. The average molecular weight is 407 g/mol. The van der Waals surface area contributed by atoms with E-state index in [-0.39, 0.29) is 17.4 Å². The largest absolute Gasteiger partial charge is 0.466 e. The summed E-state index contributed by atoms with van der Waals surface area (Å²) in [6, 6.07) is 0. The number of fused-ring (bicyclic) bond motifs is 1. The van der Waals surface area contributed by atoms with Gasteiger partial charge in [-0.15, -0.1) is 6.42 Å². The van der Waals surface area contributed by atoms with Crippen molar-refractivity contribution in [2.24, 2.45) is 0 Å². The topological polar surface area (TPSA) is 54.0 Å². The Labute approximate surface area is 170 Å². The first kappa shape index (κ1) is 21.6. The zero-order valence-corrected chi connectivity index (χ0v) is 19.1. The molecule has 0 aromatic carbocycles. The summed E-state index contributed by atoms with van der Waals surface area (Å²) in [5.74, 6) is 1.91. The van der Waals surface area contributed by atoms with Gasteiger partial charge < -0.3 is 18.6 Å². The van der Waals surface area contributed by atoms with Gasteiger partial charge in [-0.1, -0.05) is 33.1 Å². The normalized spacial score (nSPS) is 32.4. The number of carbonyl (C=O) groups excluding carboxylic acids is 1. The van der Waals surface area contributed by atoms with Crippen molar-refractivity contribution in [3.63, 3.8) is 0 Å². The van der Waals surface area contributed by atoms with Crippen LogP contribution in [0.2, 0.25) is 18.1 Å². The first-order valence-corrected chi connectivity index (χ1v) is 13.2. The molecular weight excluding hydrogens is 372 g/mol. The molecule has 0 aromatic rings. The highest BCUT2D eigenvalue weighted by molar-refractivity contribution is 6.74. The average Bonchev–Trinajstić information content (AvgIpc) is 2.98. The highest BCUT2D eigenvalue weighted by Gasteiger charge is 2.60. The van der Waals surface area contributed by atoms with E-state index < -0.39 is 31.9 Å². The fourth-order valence-electron chi connectivity index (χ4n) is 4.22. The van der Waals surface area contributed by atoms with Crippen LogP contribution in [0.1, 0.15) is 59.3 Å². The first-order chi connectivity index (χ1) is 13.0. The number of hydrogen-bond donors (Lipinski definition) is 0. The molecule has 3 rings (SSSR count). The van der Waals surface area contributed by atoms with Gasteiger partial charge in [0, 0.05) is 24.8 Å². The van der Waals surface area contributed by atoms with Crippen molar-refractivity contribution in [1.29, 1.82) is 0 Å². The van der Waals surface area contributed by atoms with Crippen LogP contribution < -0.4 is 0 Å². The van der Waals surface area contributed by atoms with Crippen molar-refractivity contribution in [1.82, 2.24) is 0 Å². The van der Waals surface area contributed by atoms with Crippen molar-refractivity contribution in [3.05, 3.63) is 11.6 Å². The Morgan fingerprint density at radius 2 is 1.89 bits per heavy atom. The molecule has 1 saturated carbocycles. The summed E-state index contributed by atoms with van der Waals surface area (Å²) in [5.41, 5.74) is -0.524. The Balaban J connectivity index is 2.01. The predicted molar refractivity (Wildman–Crippen MR) is 110 cm³/mol. The lowest BCUT2D eigenvalue weighted by Gasteiger charge is -2.47. The van der Waals surface area contributed by atoms with Crippen molar-refractivity contribution >= 4 is 14.3 Å². The molecule has 0 N–H and O–H groups in total. The van der Waals surface area contributed by atoms with Crippen LogP contribution in [0.25, 0.3) is 0 Å². The highest BCUT2D eigenvalue weighted by Crippen LogP contribution is 2.50. The maximum absolute atomic E-state index is 12.4. The van der Waals surface area contributed by atoms with Crippen LogP contribution in [0.3, 0.4) is 0 Å². The second-order valence-electron chi connectivity index (χ2n) is 9.85. The third-order valence-electron chi connectivity index (χ3n) is 6.82. The van der Waals surface area contributed by atoms with E-state index in [1.54, 1.807) is 0 Å². The van der Waals surface area contributed by atoms with Crippen LogP contribution in [0.15, 0.2) is 11.6 Å². The molecule has 3 atom stereocenters. The predicted octanol–water partition coefficient (Wildman–Crippen LogP) is 4.33. The standard InChI is InChI=1S/C22H34O5Si/c1-8-21(27-28(6,7)20(2,3)4)15-16(19(23)24-5)14-17-18(21)26-22(25-17)12-10-9-11-13-22/h1,14,17-18H,9-13,15H2,2-7H3/t17-,18-,21+/m0/s1. The van der Waals surface area contributed by atoms with Gasteiger partial charge in [0.25, 0.3) is 0 Å². The van der Waals surface area contributed by atoms with Crippen LogP contribution >= 0.6 is 0 Å². The molecule has 0 amide bonds. The van der Waals surface area contributed by atoms with Crippen molar-refractivity contribution in [2.75, 3.05) is 7.11 Å². The van der Waals surface area contributed by atoms with Gasteiger partial charge in [-0.3, -0.25) is 0 Å². The van der Waals surface area contributed by atoms with Crippen LogP contribution in [0.4, 0.5) is 0 Å². The Morgan fingerprint density at radius 3 is 2.43 bits per heavy atom. The van der Waals surface area contributed by atoms with Crippen LogP contribution in [0.5, 0.6) is 0 Å². The number of terminal acetylenes is 1. The summed E-state index contributed by atoms with van der Waals surface area (Å²) in [4.78, 5) is 12.4. The second kappa shape index (κ2) is 7.28. The van der Waals surface area contributed by atoms with E-state index in [9.17, 15) is 4.79 Å². The molecule has 5 nitrogen and oxygen atoms in total. The van der Waals surface area contributed by atoms with Crippen molar-refractivity contribution in [2.45, 2.75) is 101 Å². The Kier molecular flexibility index (Phi) is 5.61. The van der Waals surface area contributed by atoms with E-state index in [4.69, 9.17) is 25.1 Å². The minimum Gasteiger partial charge on any atom is -0.466 e. The summed E-state index contributed by atoms with van der Waals surface area (Å²) < 4.78 is 24.8. The van der Waals surface area contributed by atoms with E-state index in [0.717, 1.165) is 25.7 Å². The van der Waals surface area contributed by atoms with Gasteiger partial charge in [-0.05, 0) is 37.0 Å². The number of esters is 1. The molecule has 0 bridgehead atoms. The molecule has 2 aliphatic carbocycles. The summed E-state index contributed by atoms with van der Waals surface area (Å²) in [5, 5.41) is -0.0269. The van der Waals surface area contributed by atoms with Gasteiger partial charge in [0.2, 0.25) is 0 Å². The lowest BCUT2D eigenvalue weighted by atomic mass is 9.81. The Morgan fingerprint density at radius 1 is 1.25 bits per heavy atom. The maximum atomic E-state index is 12.4. The second-order valence-corrected chi connectivity index (χ2v) is 14.6. The first-order valence-electron chi connectivity index (χ1n) is 10.3. The summed E-state index contributed by atoms with van der Waals surface area (Å²) in [7, 11) is -0.853. The van der Waals surface area contributed by atoms with Gasteiger partial charge >= 0.3 is 5.97 Å². The van der Waals surface area contributed by atoms with E-state index >= 15 is 0 Å². The molecule has 28 heavy (non-hydrogen) atoms. The minimum atomic E-state index is -2.24. The lowest BCUT2D eigenvalue weighted by molar-refractivity contribution is -0.201. The molecule has 0 unspecified atom stereocenters. The van der Waals surface area contributed by atoms with E-state index in [1.165, 1.54) is 13.5 Å². The van der Waals surface area contributed by atoms with Gasteiger partial charge in [0.05, 0.1) is 7.11 Å². The molecule has 1 heterocycles. The molecule has 1 saturated heterocycles. The Hall–Kier alpha value is -1.13. The number of rotatable bonds is 3. The monoisotopic (exact) mass is 406 g/mol. The SMILES string of the molecule is C#C[C@@]1(O[Si](C)(C)C(C)(C)C)CC(C(=O)OC)=C[C@@H]2OC3(CCCCC3)O[C@@H]21. The van der Waals surface area contributed by atoms with Gasteiger partial charge in [-0.25, -0.2) is 4.79 Å². The number of ether oxygens (including phenoxy) is 3. The fourth-order valence-corrected chi connectivity index (χ4v) is 5.69. The quantitative estimate of drug-likeness (QED) is 0.397. The molecule has 2 fully saturated rings. The lowest BCUT2D eigenvalue weighted by Crippen LogP contribution is -2.59. The maximum Gasteiger partial charge on any atom is 0.333 e. The van der Waals surface area contributed by atoms with E-state index in [0.29, 0.717) is 5.57 Å². The molecule has 1 spiro atoms. The zero-order valence-electron chi connectivity index (χ0n) is 18.1. The number of carbonyl (C=O) groups is 1. The molecule has 3 aliphatic rings. The number of methoxy groups -OCH3 is 1. The summed E-state index contributed by atoms with van der Waals surface area (Å²) >= 11 is 0. The molecule has 0 aromatic heterocycles. The van der Waals surface area contributed by atoms with Gasteiger partial charge in [0.15, 0.2) is 19.7 Å². The molecule has 1 aliphatic heterocycles. The van der Waals surface area contributed by atoms with E-state index in [1.807, 2.05) is 6.08 Å². The van der Waals surface area contributed by atoms with Crippen LogP contribution in [0, 0.1) is 12.3 Å². The smallest absolute Gasteiger partial charge is 0.333 e. The third-order valence-corrected chi connectivity index (χ3v) is 11.3. The van der Waals surface area contributed by atoms with Crippen LogP contribution in [-0.4, -0.2) is 45.0 Å². The summed E-state index contributed by atoms with van der Waals surface area (Å²) in [6.45, 7) is 10.9. The molecule has 0 radical (unpaired) electrons. The summed E-state index contributed by atoms with van der Waals surface area (Å²) in [6.07, 6.45) is 12.4. The zero-order chi connectivity index (χ0) is 20.8. The van der Waals surface area contributed by atoms with Gasteiger partial charge in [0.1, 0.15) is 12.2 Å². The minimum absolute atomic E-state index is 0.0269. The fraction of sp³-hybridized carbons (Fsp3) is 0.773. The van der Waals surface area contributed by atoms with Crippen molar-refractivity contribution in [3.8, 4) is 12.3 Å². The molecule has 156 valence electrons. The van der Waals surface area contributed by atoms with Crippen LogP contribution in [-0.2, 0) is 23.4 Å². The Bertz CT molecular complexity index is 693.